The lowest BCUT2D eigenvalue weighted by Crippen LogP contribution is -2.57. The van der Waals surface area contributed by atoms with E-state index < -0.39 is 50.1 Å². The minimum absolute atomic E-state index is 0.0607. The molecule has 1 aliphatic heterocycles. The largest absolute Gasteiger partial charge is 0.460 e. The first-order chi connectivity index (χ1) is 16.8. The third kappa shape index (κ3) is 6.23. The second kappa shape index (κ2) is 12.1. The molecule has 1 unspecified atom stereocenters. The van der Waals surface area contributed by atoms with Crippen molar-refractivity contribution in [2.24, 2.45) is 9.98 Å². The molecular formula is C20H26F7N5O4. The number of aliphatic hydroxyl groups excluding tert-OH is 3. The second-order valence-corrected chi connectivity index (χ2v) is 7.51. The minimum atomic E-state index is -6.48. The SMILES string of the molecule is CCCCOCN1C(N(CO)CO)=NC(c2ccc(C(F)(F)C(F)(F)C(F)(F)F)cc2)=NC1NCO. The molecule has 0 bridgehead atoms. The summed E-state index contributed by atoms with van der Waals surface area (Å²) in [6.45, 7) is 0.0838. The fourth-order valence-electron chi connectivity index (χ4n) is 3.01. The van der Waals surface area contributed by atoms with E-state index in [1.807, 2.05) is 6.92 Å². The molecule has 0 amide bonds. The highest BCUT2D eigenvalue weighted by molar-refractivity contribution is 6.07. The average molecular weight is 533 g/mol. The van der Waals surface area contributed by atoms with E-state index in [1.54, 1.807) is 0 Å². The van der Waals surface area contributed by atoms with Gasteiger partial charge in [-0.05, 0) is 6.42 Å². The maximum absolute atomic E-state index is 14.0. The Hall–Kier alpha value is -2.53. The summed E-state index contributed by atoms with van der Waals surface area (Å²) in [4.78, 5) is 10.7. The van der Waals surface area contributed by atoms with Crippen LogP contribution >= 0.6 is 0 Å². The Balaban J connectivity index is 2.44. The lowest BCUT2D eigenvalue weighted by atomic mass is 10.00. The molecule has 204 valence electrons. The highest BCUT2D eigenvalue weighted by Gasteiger charge is 2.73. The van der Waals surface area contributed by atoms with Crippen molar-refractivity contribution in [2.75, 3.05) is 33.5 Å². The standard InChI is InChI=1S/C20H26F7N5O4/c1-2-3-8-36-12-32-16(28-9-33)29-15(30-17(32)31(10-34)11-35)13-4-6-14(7-5-13)18(21,22)19(23,24)20(25,26)27/h4-7,16,28,33-35H,2-3,8-12H2,1H3. The Kier molecular flexibility index (Phi) is 10.0. The molecule has 0 aromatic heterocycles. The summed E-state index contributed by atoms with van der Waals surface area (Å²) in [7, 11) is 0. The maximum atomic E-state index is 14.0. The van der Waals surface area contributed by atoms with Gasteiger partial charge in [-0.1, -0.05) is 37.6 Å². The van der Waals surface area contributed by atoms with Crippen LogP contribution in [0.25, 0.3) is 0 Å². The van der Waals surface area contributed by atoms with Gasteiger partial charge in [-0.25, -0.2) is 4.99 Å². The van der Waals surface area contributed by atoms with E-state index in [4.69, 9.17) is 4.74 Å². The molecule has 1 heterocycles. The summed E-state index contributed by atoms with van der Waals surface area (Å²) in [6.07, 6.45) is -6.02. The topological polar surface area (TPSA) is 113 Å². The number of hydrogen-bond acceptors (Lipinski definition) is 9. The van der Waals surface area contributed by atoms with Crippen molar-refractivity contribution in [2.45, 2.75) is 44.1 Å². The van der Waals surface area contributed by atoms with Gasteiger partial charge in [-0.3, -0.25) is 15.1 Å². The van der Waals surface area contributed by atoms with E-state index in [0.29, 0.717) is 18.7 Å². The summed E-state index contributed by atoms with van der Waals surface area (Å²) >= 11 is 0. The van der Waals surface area contributed by atoms with Crippen molar-refractivity contribution < 1.29 is 50.8 Å². The zero-order chi connectivity index (χ0) is 27.1. The normalized spacial score (nSPS) is 17.2. The first kappa shape index (κ1) is 29.7. The molecule has 36 heavy (non-hydrogen) atoms. The highest BCUT2D eigenvalue weighted by Crippen LogP contribution is 2.51. The Morgan fingerprint density at radius 1 is 1.03 bits per heavy atom. The first-order valence-electron chi connectivity index (χ1n) is 10.6. The van der Waals surface area contributed by atoms with Crippen LogP contribution in [0.1, 0.15) is 30.9 Å². The summed E-state index contributed by atoms with van der Waals surface area (Å²) in [5.41, 5.74) is -1.65. The van der Waals surface area contributed by atoms with Crippen LogP contribution in [0.15, 0.2) is 34.3 Å². The highest BCUT2D eigenvalue weighted by atomic mass is 19.4. The molecule has 2 rings (SSSR count). The number of alkyl halides is 7. The number of guanidine groups is 1. The molecule has 0 fully saturated rings. The van der Waals surface area contributed by atoms with Crippen LogP contribution in [0.4, 0.5) is 30.7 Å². The molecule has 0 saturated carbocycles. The summed E-state index contributed by atoms with van der Waals surface area (Å²) < 4.78 is 97.8. The van der Waals surface area contributed by atoms with Gasteiger partial charge in [0, 0.05) is 17.7 Å². The van der Waals surface area contributed by atoms with Crippen molar-refractivity contribution in [1.29, 1.82) is 0 Å². The minimum Gasteiger partial charge on any atom is -0.381 e. The van der Waals surface area contributed by atoms with Crippen molar-refractivity contribution in [3.63, 3.8) is 0 Å². The predicted molar refractivity (Wildman–Crippen MR) is 113 cm³/mol. The first-order valence-corrected chi connectivity index (χ1v) is 10.6. The van der Waals surface area contributed by atoms with Crippen molar-refractivity contribution in [3.8, 4) is 0 Å². The summed E-state index contributed by atoms with van der Waals surface area (Å²) in [5.74, 6) is -12.2. The fraction of sp³-hybridized carbons (Fsp3) is 0.600. The number of nitrogens with one attached hydrogen (secondary N) is 1. The predicted octanol–water partition coefficient (Wildman–Crippen LogP) is 2.19. The average Bonchev–Trinajstić information content (AvgIpc) is 2.83. The molecule has 0 spiro atoms. The van der Waals surface area contributed by atoms with E-state index in [1.165, 1.54) is 4.90 Å². The van der Waals surface area contributed by atoms with Gasteiger partial charge in [0.05, 0.1) is 6.73 Å². The summed E-state index contributed by atoms with van der Waals surface area (Å²) in [5, 5.41) is 31.2. The van der Waals surface area contributed by atoms with Crippen LogP contribution in [-0.2, 0) is 10.7 Å². The lowest BCUT2D eigenvalue weighted by molar-refractivity contribution is -0.359. The number of ether oxygens (including phenoxy) is 1. The monoisotopic (exact) mass is 533 g/mol. The number of rotatable bonds is 12. The second-order valence-electron chi connectivity index (χ2n) is 7.51. The van der Waals surface area contributed by atoms with Crippen molar-refractivity contribution >= 4 is 11.8 Å². The zero-order valence-corrected chi connectivity index (χ0v) is 19.0. The van der Waals surface area contributed by atoms with Gasteiger partial charge < -0.3 is 20.1 Å². The van der Waals surface area contributed by atoms with Gasteiger partial charge in [-0.2, -0.15) is 35.7 Å². The Morgan fingerprint density at radius 2 is 1.64 bits per heavy atom. The van der Waals surface area contributed by atoms with E-state index >= 15 is 0 Å². The lowest BCUT2D eigenvalue weighted by Gasteiger charge is -2.38. The number of hydrogen-bond donors (Lipinski definition) is 4. The van der Waals surface area contributed by atoms with Crippen LogP contribution in [-0.4, -0.2) is 88.8 Å². The molecule has 0 saturated heterocycles. The third-order valence-corrected chi connectivity index (χ3v) is 5.03. The molecule has 0 radical (unpaired) electrons. The Morgan fingerprint density at radius 3 is 2.14 bits per heavy atom. The number of aliphatic hydroxyl groups is 3. The van der Waals surface area contributed by atoms with Gasteiger partial charge in [0.2, 0.25) is 5.96 Å². The smallest absolute Gasteiger partial charge is 0.381 e. The number of aliphatic imine (C=N–C) groups is 2. The van der Waals surface area contributed by atoms with Crippen molar-refractivity contribution in [3.05, 3.63) is 35.4 Å². The number of nitrogens with zero attached hydrogens (tertiary/aromatic N) is 4. The molecule has 0 aliphatic carbocycles. The van der Waals surface area contributed by atoms with E-state index in [0.717, 1.165) is 29.9 Å². The molecule has 1 atom stereocenters. The van der Waals surface area contributed by atoms with Crippen LogP contribution < -0.4 is 5.32 Å². The summed E-state index contributed by atoms with van der Waals surface area (Å²) in [6, 6.07) is 2.41. The number of unbranched alkanes of at least 4 members (excludes halogenated alkanes) is 1. The zero-order valence-electron chi connectivity index (χ0n) is 19.0. The van der Waals surface area contributed by atoms with Crippen molar-refractivity contribution in [1.82, 2.24) is 15.1 Å². The molecule has 1 aromatic rings. The number of amidine groups is 1. The molecule has 9 nitrogen and oxygen atoms in total. The third-order valence-electron chi connectivity index (χ3n) is 5.03. The van der Waals surface area contributed by atoms with E-state index in [9.17, 15) is 46.1 Å². The Labute approximate surface area is 201 Å². The van der Waals surface area contributed by atoms with Gasteiger partial charge in [0.15, 0.2) is 12.1 Å². The van der Waals surface area contributed by atoms with Gasteiger partial charge in [-0.15, -0.1) is 0 Å². The van der Waals surface area contributed by atoms with Gasteiger partial charge >= 0.3 is 18.0 Å². The van der Waals surface area contributed by atoms with Crippen LogP contribution in [0.3, 0.4) is 0 Å². The van der Waals surface area contributed by atoms with Crippen LogP contribution in [0.2, 0.25) is 0 Å². The van der Waals surface area contributed by atoms with Crippen LogP contribution in [0.5, 0.6) is 0 Å². The van der Waals surface area contributed by atoms with E-state index in [2.05, 4.69) is 15.3 Å². The van der Waals surface area contributed by atoms with E-state index in [-0.39, 0.29) is 24.1 Å². The van der Waals surface area contributed by atoms with Gasteiger partial charge in [0.1, 0.15) is 20.2 Å². The fourth-order valence-corrected chi connectivity index (χ4v) is 3.01. The Bertz CT molecular complexity index is 909. The van der Waals surface area contributed by atoms with Gasteiger partial charge in [0.25, 0.3) is 0 Å². The molecule has 1 aliphatic rings. The number of halogens is 7. The molecule has 1 aromatic carbocycles. The number of benzene rings is 1. The molecular weight excluding hydrogens is 507 g/mol. The van der Waals surface area contributed by atoms with Crippen LogP contribution in [0, 0.1) is 0 Å². The quantitative estimate of drug-likeness (QED) is 0.185. The molecule has 16 heteroatoms. The maximum Gasteiger partial charge on any atom is 0.460 e. The molecule has 4 N–H and O–H groups in total.